The van der Waals surface area contributed by atoms with E-state index in [0.29, 0.717) is 0 Å². The fourth-order valence-corrected chi connectivity index (χ4v) is 1.82. The molecule has 2 heterocycles. The molecule has 2 aromatic heterocycles. The van der Waals surface area contributed by atoms with E-state index in [1.165, 1.54) is 0 Å². The second-order valence-electron chi connectivity index (χ2n) is 3.40. The highest BCUT2D eigenvalue weighted by Gasteiger charge is 2.03. The molecule has 0 radical (unpaired) electrons. The SMILES string of the molecule is CCNc1ncccc1Cn1cc(Br)cn1. The van der Waals surface area contributed by atoms with Crippen LogP contribution in [0.5, 0.6) is 0 Å². The van der Waals surface area contributed by atoms with E-state index in [-0.39, 0.29) is 0 Å². The number of anilines is 1. The zero-order valence-corrected chi connectivity index (χ0v) is 10.6. The van der Waals surface area contributed by atoms with E-state index in [4.69, 9.17) is 0 Å². The van der Waals surface area contributed by atoms with E-state index in [9.17, 15) is 0 Å². The molecule has 1 N–H and O–H groups in total. The lowest BCUT2D eigenvalue weighted by Gasteiger charge is -2.08. The zero-order chi connectivity index (χ0) is 11.4. The number of nitrogens with zero attached hydrogens (tertiary/aromatic N) is 3. The predicted molar refractivity (Wildman–Crippen MR) is 67.4 cm³/mol. The number of hydrogen-bond donors (Lipinski definition) is 1. The van der Waals surface area contributed by atoms with Gasteiger partial charge < -0.3 is 5.32 Å². The molecule has 0 bridgehead atoms. The number of rotatable bonds is 4. The number of pyridine rings is 1. The van der Waals surface area contributed by atoms with Crippen LogP contribution >= 0.6 is 15.9 Å². The molecule has 4 nitrogen and oxygen atoms in total. The minimum Gasteiger partial charge on any atom is -0.370 e. The van der Waals surface area contributed by atoms with Gasteiger partial charge in [-0.05, 0) is 28.9 Å². The third-order valence-electron chi connectivity index (χ3n) is 2.17. The van der Waals surface area contributed by atoms with Gasteiger partial charge in [-0.25, -0.2) is 4.98 Å². The minimum absolute atomic E-state index is 0.724. The van der Waals surface area contributed by atoms with Crippen molar-refractivity contribution in [1.82, 2.24) is 14.8 Å². The van der Waals surface area contributed by atoms with Gasteiger partial charge in [0.2, 0.25) is 0 Å². The Labute approximate surface area is 103 Å². The van der Waals surface area contributed by atoms with Crippen LogP contribution in [0, 0.1) is 0 Å². The van der Waals surface area contributed by atoms with Crippen molar-refractivity contribution in [2.45, 2.75) is 13.5 Å². The molecule has 0 unspecified atom stereocenters. The van der Waals surface area contributed by atoms with Crippen LogP contribution in [0.1, 0.15) is 12.5 Å². The molecule has 0 saturated carbocycles. The van der Waals surface area contributed by atoms with Gasteiger partial charge >= 0.3 is 0 Å². The van der Waals surface area contributed by atoms with E-state index >= 15 is 0 Å². The first-order valence-corrected chi connectivity index (χ1v) is 5.94. The van der Waals surface area contributed by atoms with Gasteiger partial charge in [-0.3, -0.25) is 4.68 Å². The van der Waals surface area contributed by atoms with E-state index in [2.05, 4.69) is 44.3 Å². The van der Waals surface area contributed by atoms with Gasteiger partial charge in [0.1, 0.15) is 5.82 Å². The first-order valence-electron chi connectivity index (χ1n) is 5.15. The molecular formula is C11H13BrN4. The number of halogens is 1. The summed E-state index contributed by atoms with van der Waals surface area (Å²) in [7, 11) is 0. The Morgan fingerprint density at radius 3 is 3.06 bits per heavy atom. The van der Waals surface area contributed by atoms with Crippen LogP contribution in [0.3, 0.4) is 0 Å². The second-order valence-corrected chi connectivity index (χ2v) is 4.31. The Bertz CT molecular complexity index is 467. The first kappa shape index (κ1) is 11.1. The molecule has 0 aromatic carbocycles. The van der Waals surface area contributed by atoms with Crippen molar-refractivity contribution in [3.63, 3.8) is 0 Å². The van der Waals surface area contributed by atoms with E-state index < -0.39 is 0 Å². The fourth-order valence-electron chi connectivity index (χ4n) is 1.49. The largest absolute Gasteiger partial charge is 0.370 e. The maximum Gasteiger partial charge on any atom is 0.130 e. The molecule has 0 aliphatic rings. The molecule has 0 fully saturated rings. The highest BCUT2D eigenvalue weighted by molar-refractivity contribution is 9.10. The van der Waals surface area contributed by atoms with Crippen molar-refractivity contribution < 1.29 is 0 Å². The van der Waals surface area contributed by atoms with Crippen LogP contribution in [-0.2, 0) is 6.54 Å². The Hall–Kier alpha value is -1.36. The standard InChI is InChI=1S/C11H13BrN4/c1-2-13-11-9(4-3-5-14-11)7-16-8-10(12)6-15-16/h3-6,8H,2,7H2,1H3,(H,13,14). The molecule has 0 atom stereocenters. The molecule has 16 heavy (non-hydrogen) atoms. The highest BCUT2D eigenvalue weighted by atomic mass is 79.9. The van der Waals surface area contributed by atoms with Crippen LogP contribution in [0.2, 0.25) is 0 Å². The fraction of sp³-hybridized carbons (Fsp3) is 0.273. The maximum absolute atomic E-state index is 4.31. The molecule has 0 amide bonds. The third kappa shape index (κ3) is 2.61. The van der Waals surface area contributed by atoms with E-state index in [1.807, 2.05) is 16.9 Å². The molecule has 0 saturated heterocycles. The second kappa shape index (κ2) is 5.12. The number of aromatic nitrogens is 3. The van der Waals surface area contributed by atoms with Crippen molar-refractivity contribution in [1.29, 1.82) is 0 Å². The van der Waals surface area contributed by atoms with Crippen LogP contribution in [0.25, 0.3) is 0 Å². The summed E-state index contributed by atoms with van der Waals surface area (Å²) in [6.45, 7) is 3.65. The van der Waals surface area contributed by atoms with Crippen LogP contribution in [0.15, 0.2) is 35.2 Å². The first-order chi connectivity index (χ1) is 7.79. The Kier molecular flexibility index (Phi) is 3.56. The van der Waals surface area contributed by atoms with Crippen molar-refractivity contribution in [2.24, 2.45) is 0 Å². The van der Waals surface area contributed by atoms with Crippen molar-refractivity contribution >= 4 is 21.7 Å². The molecule has 0 aliphatic heterocycles. The Morgan fingerprint density at radius 2 is 2.38 bits per heavy atom. The van der Waals surface area contributed by atoms with Crippen LogP contribution < -0.4 is 5.32 Å². The Balaban J connectivity index is 2.20. The van der Waals surface area contributed by atoms with Gasteiger partial charge in [0.05, 0.1) is 17.2 Å². The summed E-state index contributed by atoms with van der Waals surface area (Å²) < 4.78 is 2.86. The molecule has 5 heteroatoms. The third-order valence-corrected chi connectivity index (χ3v) is 2.58. The van der Waals surface area contributed by atoms with E-state index in [0.717, 1.165) is 28.9 Å². The lowest BCUT2D eigenvalue weighted by Crippen LogP contribution is -2.07. The molecular weight excluding hydrogens is 268 g/mol. The molecule has 2 rings (SSSR count). The Morgan fingerprint density at radius 1 is 1.50 bits per heavy atom. The van der Waals surface area contributed by atoms with Gasteiger partial charge in [0.15, 0.2) is 0 Å². The zero-order valence-electron chi connectivity index (χ0n) is 9.02. The van der Waals surface area contributed by atoms with Gasteiger partial charge in [-0.2, -0.15) is 5.10 Å². The summed E-state index contributed by atoms with van der Waals surface area (Å²) in [6, 6.07) is 4.00. The smallest absolute Gasteiger partial charge is 0.130 e. The van der Waals surface area contributed by atoms with E-state index in [1.54, 1.807) is 12.4 Å². The summed E-state index contributed by atoms with van der Waals surface area (Å²) in [6.07, 6.45) is 5.52. The average molecular weight is 281 g/mol. The van der Waals surface area contributed by atoms with Gasteiger partial charge in [0, 0.05) is 24.5 Å². The monoisotopic (exact) mass is 280 g/mol. The maximum atomic E-state index is 4.31. The minimum atomic E-state index is 0.724. The summed E-state index contributed by atoms with van der Waals surface area (Å²) in [5.41, 5.74) is 1.14. The molecule has 0 aliphatic carbocycles. The summed E-state index contributed by atoms with van der Waals surface area (Å²) in [5, 5.41) is 7.47. The van der Waals surface area contributed by atoms with Gasteiger partial charge in [-0.1, -0.05) is 6.07 Å². The average Bonchev–Trinajstić information content (AvgIpc) is 2.67. The summed E-state index contributed by atoms with van der Waals surface area (Å²) in [5.74, 6) is 0.927. The topological polar surface area (TPSA) is 42.7 Å². The van der Waals surface area contributed by atoms with Crippen LogP contribution in [0.4, 0.5) is 5.82 Å². The molecule has 0 spiro atoms. The summed E-state index contributed by atoms with van der Waals surface area (Å²) >= 11 is 3.38. The lowest BCUT2D eigenvalue weighted by molar-refractivity contribution is 0.685. The number of nitrogens with one attached hydrogen (secondary N) is 1. The van der Waals surface area contributed by atoms with Gasteiger partial charge in [0.25, 0.3) is 0 Å². The lowest BCUT2D eigenvalue weighted by atomic mass is 10.2. The quantitative estimate of drug-likeness (QED) is 0.936. The van der Waals surface area contributed by atoms with Crippen molar-refractivity contribution in [3.05, 3.63) is 40.8 Å². The number of hydrogen-bond acceptors (Lipinski definition) is 3. The van der Waals surface area contributed by atoms with Crippen molar-refractivity contribution in [2.75, 3.05) is 11.9 Å². The highest BCUT2D eigenvalue weighted by Crippen LogP contribution is 2.14. The summed E-state index contributed by atoms with van der Waals surface area (Å²) in [4.78, 5) is 4.31. The molecule has 84 valence electrons. The van der Waals surface area contributed by atoms with Crippen molar-refractivity contribution in [3.8, 4) is 0 Å². The normalized spacial score (nSPS) is 10.4. The van der Waals surface area contributed by atoms with Gasteiger partial charge in [-0.15, -0.1) is 0 Å². The predicted octanol–water partition coefficient (Wildman–Crippen LogP) is 2.52. The van der Waals surface area contributed by atoms with Crippen LogP contribution in [-0.4, -0.2) is 21.3 Å². The molecule has 2 aromatic rings.